The SMILES string of the molecule is Cc1ccc(Cl)cc1C1=CC2CCCC(C1)N2C(=O)OCC1c2ccccc2-c2ccccc21. The summed E-state index contributed by atoms with van der Waals surface area (Å²) in [6.07, 6.45) is 6.06. The fraction of sp³-hybridized carbons (Fsp3) is 0.300. The van der Waals surface area contributed by atoms with Gasteiger partial charge in [-0.15, -0.1) is 0 Å². The lowest BCUT2D eigenvalue weighted by Gasteiger charge is -2.44. The van der Waals surface area contributed by atoms with Crippen LogP contribution >= 0.6 is 11.6 Å². The van der Waals surface area contributed by atoms with Crippen molar-refractivity contribution in [2.24, 2.45) is 0 Å². The van der Waals surface area contributed by atoms with Gasteiger partial charge in [-0.1, -0.05) is 72.3 Å². The molecule has 1 saturated heterocycles. The summed E-state index contributed by atoms with van der Waals surface area (Å²) in [5.74, 6) is 0.0844. The van der Waals surface area contributed by atoms with E-state index in [2.05, 4.69) is 73.7 Å². The summed E-state index contributed by atoms with van der Waals surface area (Å²) in [5.41, 5.74) is 8.72. The Hall–Kier alpha value is -3.04. The zero-order valence-electron chi connectivity index (χ0n) is 19.3. The van der Waals surface area contributed by atoms with E-state index in [-0.39, 0.29) is 24.1 Å². The summed E-state index contributed by atoms with van der Waals surface area (Å²) in [7, 11) is 0. The number of hydrogen-bond donors (Lipinski definition) is 0. The topological polar surface area (TPSA) is 29.5 Å². The van der Waals surface area contributed by atoms with Gasteiger partial charge in [0.2, 0.25) is 0 Å². The van der Waals surface area contributed by atoms with E-state index >= 15 is 0 Å². The summed E-state index contributed by atoms with van der Waals surface area (Å²) >= 11 is 6.30. The number of aryl methyl sites for hydroxylation is 1. The summed E-state index contributed by atoms with van der Waals surface area (Å²) < 4.78 is 6.04. The lowest BCUT2D eigenvalue weighted by atomic mass is 9.82. The molecule has 2 bridgehead atoms. The Morgan fingerprint density at radius 3 is 2.38 bits per heavy atom. The third kappa shape index (κ3) is 3.63. The van der Waals surface area contributed by atoms with E-state index in [1.165, 1.54) is 39.0 Å². The maximum atomic E-state index is 13.4. The van der Waals surface area contributed by atoms with Crippen molar-refractivity contribution in [2.75, 3.05) is 6.61 Å². The van der Waals surface area contributed by atoms with E-state index in [4.69, 9.17) is 16.3 Å². The van der Waals surface area contributed by atoms with Gasteiger partial charge in [-0.05, 0) is 83.7 Å². The minimum absolute atomic E-state index is 0.0801. The van der Waals surface area contributed by atoms with E-state index in [9.17, 15) is 4.79 Å². The highest BCUT2D eigenvalue weighted by atomic mass is 35.5. The number of halogens is 1. The van der Waals surface area contributed by atoms with E-state index < -0.39 is 0 Å². The first kappa shape index (κ1) is 21.5. The first-order valence-corrected chi connectivity index (χ1v) is 12.6. The second kappa shape index (κ2) is 8.63. The van der Waals surface area contributed by atoms with Crippen molar-refractivity contribution in [1.29, 1.82) is 0 Å². The summed E-state index contributed by atoms with van der Waals surface area (Å²) in [4.78, 5) is 15.4. The highest BCUT2D eigenvalue weighted by Crippen LogP contribution is 2.45. The van der Waals surface area contributed by atoms with Gasteiger partial charge in [0.15, 0.2) is 0 Å². The third-order valence-electron chi connectivity index (χ3n) is 7.73. The maximum Gasteiger partial charge on any atom is 0.410 e. The Morgan fingerprint density at radius 2 is 1.68 bits per heavy atom. The zero-order chi connectivity index (χ0) is 23.2. The average Bonchev–Trinajstić information content (AvgIpc) is 3.17. The molecule has 1 fully saturated rings. The Morgan fingerprint density at radius 1 is 0.971 bits per heavy atom. The normalized spacial score (nSPS) is 21.0. The number of nitrogens with zero attached hydrogens (tertiary/aromatic N) is 1. The van der Waals surface area contributed by atoms with Crippen LogP contribution < -0.4 is 0 Å². The number of carbonyl (C=O) groups is 1. The van der Waals surface area contributed by atoms with Gasteiger partial charge in [-0.3, -0.25) is 4.90 Å². The van der Waals surface area contributed by atoms with Gasteiger partial charge in [0, 0.05) is 17.0 Å². The van der Waals surface area contributed by atoms with Crippen molar-refractivity contribution in [3.05, 3.63) is 100 Å². The second-order valence-corrected chi connectivity index (χ2v) is 10.2. The molecule has 2 aliphatic heterocycles. The maximum absolute atomic E-state index is 13.4. The summed E-state index contributed by atoms with van der Waals surface area (Å²) in [6, 6.07) is 23.2. The van der Waals surface area contributed by atoms with Crippen LogP contribution in [0, 0.1) is 6.92 Å². The molecular formula is C30H28ClNO2. The minimum Gasteiger partial charge on any atom is -0.448 e. The number of ether oxygens (including phenoxy) is 1. The van der Waals surface area contributed by atoms with Crippen molar-refractivity contribution in [3.63, 3.8) is 0 Å². The molecule has 3 aromatic carbocycles. The van der Waals surface area contributed by atoms with Crippen LogP contribution in [0.25, 0.3) is 16.7 Å². The average molecular weight is 470 g/mol. The molecule has 1 amide bonds. The molecule has 0 aromatic heterocycles. The van der Waals surface area contributed by atoms with E-state index in [1.54, 1.807) is 0 Å². The van der Waals surface area contributed by atoms with Crippen molar-refractivity contribution in [1.82, 2.24) is 4.90 Å². The van der Waals surface area contributed by atoms with Crippen LogP contribution in [-0.2, 0) is 4.74 Å². The number of benzene rings is 3. The van der Waals surface area contributed by atoms with Gasteiger partial charge in [-0.2, -0.15) is 0 Å². The van der Waals surface area contributed by atoms with E-state index in [0.717, 1.165) is 30.7 Å². The van der Waals surface area contributed by atoms with Gasteiger partial charge in [0.05, 0.1) is 6.04 Å². The van der Waals surface area contributed by atoms with Crippen LogP contribution in [0.4, 0.5) is 4.79 Å². The van der Waals surface area contributed by atoms with Gasteiger partial charge in [-0.25, -0.2) is 4.79 Å². The van der Waals surface area contributed by atoms with Crippen LogP contribution in [0.2, 0.25) is 5.02 Å². The number of fused-ring (bicyclic) bond motifs is 5. The molecule has 1 aliphatic carbocycles. The van der Waals surface area contributed by atoms with Crippen molar-refractivity contribution in [2.45, 2.75) is 50.6 Å². The Balaban J connectivity index is 1.23. The molecule has 172 valence electrons. The molecule has 2 unspecified atom stereocenters. The van der Waals surface area contributed by atoms with Crippen molar-refractivity contribution < 1.29 is 9.53 Å². The lowest BCUT2D eigenvalue weighted by molar-refractivity contribution is 0.0539. The lowest BCUT2D eigenvalue weighted by Crippen LogP contribution is -2.51. The molecule has 3 aliphatic rings. The van der Waals surface area contributed by atoms with E-state index in [1.807, 2.05) is 11.0 Å². The second-order valence-electron chi connectivity index (χ2n) is 9.72. The highest BCUT2D eigenvalue weighted by Gasteiger charge is 2.39. The molecule has 34 heavy (non-hydrogen) atoms. The van der Waals surface area contributed by atoms with Crippen LogP contribution in [0.3, 0.4) is 0 Å². The number of hydrogen-bond acceptors (Lipinski definition) is 2. The fourth-order valence-electron chi connectivity index (χ4n) is 6.12. The molecule has 2 atom stereocenters. The number of piperidine rings is 1. The molecule has 3 nitrogen and oxygen atoms in total. The number of amides is 1. The van der Waals surface area contributed by atoms with Gasteiger partial charge in [0.25, 0.3) is 0 Å². The summed E-state index contributed by atoms with van der Waals surface area (Å²) in [5, 5.41) is 0.755. The number of rotatable bonds is 3. The van der Waals surface area contributed by atoms with Gasteiger partial charge in [0.1, 0.15) is 6.61 Å². The monoisotopic (exact) mass is 469 g/mol. The Labute approximate surface area is 206 Å². The summed E-state index contributed by atoms with van der Waals surface area (Å²) in [6.45, 7) is 2.49. The molecule has 4 heteroatoms. The fourth-order valence-corrected chi connectivity index (χ4v) is 6.29. The molecule has 6 rings (SSSR count). The van der Waals surface area contributed by atoms with Gasteiger partial charge >= 0.3 is 6.09 Å². The minimum atomic E-state index is -0.185. The van der Waals surface area contributed by atoms with Crippen molar-refractivity contribution >= 4 is 23.3 Å². The zero-order valence-corrected chi connectivity index (χ0v) is 20.1. The van der Waals surface area contributed by atoms with E-state index in [0.29, 0.717) is 6.61 Å². The Bertz CT molecular complexity index is 1250. The molecule has 0 saturated carbocycles. The molecule has 3 aromatic rings. The highest BCUT2D eigenvalue weighted by molar-refractivity contribution is 6.30. The van der Waals surface area contributed by atoms with Crippen LogP contribution in [0.15, 0.2) is 72.8 Å². The molecule has 2 heterocycles. The standard InChI is InChI=1S/C30H28ClNO2/c1-19-13-14-21(31)17-28(19)20-15-22-7-6-8-23(16-20)32(22)30(33)34-18-29-26-11-4-2-9-24(26)25-10-3-5-12-27(25)29/h2-5,9-15,17,22-23,29H,6-8,16,18H2,1H3. The van der Waals surface area contributed by atoms with Crippen LogP contribution in [0.5, 0.6) is 0 Å². The first-order valence-electron chi connectivity index (χ1n) is 12.2. The molecule has 0 radical (unpaired) electrons. The first-order chi connectivity index (χ1) is 16.6. The van der Waals surface area contributed by atoms with Crippen LogP contribution in [0.1, 0.15) is 53.9 Å². The quantitative estimate of drug-likeness (QED) is 0.395. The largest absolute Gasteiger partial charge is 0.448 e. The number of carbonyl (C=O) groups excluding carboxylic acids is 1. The van der Waals surface area contributed by atoms with Crippen molar-refractivity contribution in [3.8, 4) is 11.1 Å². The molecular weight excluding hydrogens is 442 g/mol. The van der Waals surface area contributed by atoms with Crippen LogP contribution in [-0.4, -0.2) is 29.7 Å². The van der Waals surface area contributed by atoms with Gasteiger partial charge < -0.3 is 4.74 Å². The Kier molecular flexibility index (Phi) is 5.45. The predicted molar refractivity (Wildman–Crippen MR) is 137 cm³/mol. The predicted octanol–water partition coefficient (Wildman–Crippen LogP) is 7.61. The third-order valence-corrected chi connectivity index (χ3v) is 7.96. The molecule has 0 spiro atoms. The smallest absolute Gasteiger partial charge is 0.410 e. The molecule has 0 N–H and O–H groups in total.